The molecule has 0 amide bonds. The zero-order valence-electron chi connectivity index (χ0n) is 21.3. The van der Waals surface area contributed by atoms with Crippen LogP contribution in [0.3, 0.4) is 0 Å². The van der Waals surface area contributed by atoms with Crippen LogP contribution < -0.4 is 4.90 Å². The van der Waals surface area contributed by atoms with Crippen LogP contribution in [0, 0.1) is 0 Å². The first-order valence-corrected chi connectivity index (χ1v) is 13.1. The van der Waals surface area contributed by atoms with Gasteiger partial charge < -0.3 is 4.90 Å². The topological polar surface area (TPSA) is 29.0 Å². The second kappa shape index (κ2) is 9.88. The first-order chi connectivity index (χ1) is 19.3. The van der Waals surface area contributed by atoms with Gasteiger partial charge in [-0.3, -0.25) is 0 Å². The van der Waals surface area contributed by atoms with Crippen molar-refractivity contribution in [3.63, 3.8) is 0 Å². The highest BCUT2D eigenvalue weighted by Gasteiger charge is 2.16. The fourth-order valence-electron chi connectivity index (χ4n) is 5.11. The van der Waals surface area contributed by atoms with E-state index in [1.807, 2.05) is 36.4 Å². The maximum atomic E-state index is 5.12. The molecule has 0 saturated carbocycles. The summed E-state index contributed by atoms with van der Waals surface area (Å²) < 4.78 is 0. The van der Waals surface area contributed by atoms with Gasteiger partial charge in [-0.15, -0.1) is 0 Å². The normalized spacial score (nSPS) is 11.1. The van der Waals surface area contributed by atoms with Gasteiger partial charge in [0.1, 0.15) is 0 Å². The lowest BCUT2D eigenvalue weighted by atomic mass is 10.00. The number of hydrogen-bond acceptors (Lipinski definition) is 3. The zero-order valence-corrected chi connectivity index (χ0v) is 21.3. The Balaban J connectivity index is 1.37. The molecule has 184 valence electrons. The zero-order chi connectivity index (χ0) is 26.0. The van der Waals surface area contributed by atoms with E-state index >= 15 is 0 Å². The molecule has 1 heterocycles. The van der Waals surface area contributed by atoms with Crippen LogP contribution in [-0.4, -0.2) is 9.97 Å². The second-order valence-corrected chi connectivity index (χ2v) is 9.52. The lowest BCUT2D eigenvalue weighted by Gasteiger charge is -2.25. The molecule has 0 fully saturated rings. The maximum absolute atomic E-state index is 5.12. The minimum absolute atomic E-state index is 0.876. The van der Waals surface area contributed by atoms with Crippen molar-refractivity contribution < 1.29 is 0 Å². The average molecular weight is 500 g/mol. The van der Waals surface area contributed by atoms with Crippen LogP contribution in [0.15, 0.2) is 152 Å². The van der Waals surface area contributed by atoms with Gasteiger partial charge >= 0.3 is 0 Å². The molecule has 0 radical (unpaired) electrons. The molecule has 7 rings (SSSR count). The molecule has 0 unspecified atom stereocenters. The third-order valence-corrected chi connectivity index (χ3v) is 7.02. The highest BCUT2D eigenvalue weighted by Crippen LogP contribution is 2.37. The number of nitrogens with zero attached hydrogens (tertiary/aromatic N) is 3. The van der Waals surface area contributed by atoms with Crippen molar-refractivity contribution in [3.05, 3.63) is 152 Å². The maximum Gasteiger partial charge on any atom is 0.0973 e. The molecule has 3 nitrogen and oxygen atoms in total. The molecular weight excluding hydrogens is 474 g/mol. The molecule has 0 aliphatic rings. The summed E-state index contributed by atoms with van der Waals surface area (Å²) in [5.41, 5.74) is 8.92. The monoisotopic (exact) mass is 499 g/mol. The molecule has 0 aliphatic heterocycles. The Hall–Kier alpha value is -5.28. The van der Waals surface area contributed by atoms with Crippen molar-refractivity contribution in [1.29, 1.82) is 0 Å². The Kier molecular flexibility index (Phi) is 5.80. The largest absolute Gasteiger partial charge is 0.311 e. The predicted molar refractivity (Wildman–Crippen MR) is 163 cm³/mol. The highest BCUT2D eigenvalue weighted by molar-refractivity contribution is 5.92. The second-order valence-electron chi connectivity index (χ2n) is 9.52. The molecular formula is C36H25N3. The first-order valence-electron chi connectivity index (χ1n) is 13.1. The van der Waals surface area contributed by atoms with E-state index in [-0.39, 0.29) is 0 Å². The Morgan fingerprint density at radius 2 is 0.821 bits per heavy atom. The molecule has 6 aromatic carbocycles. The molecule has 0 saturated heterocycles. The predicted octanol–water partition coefficient (Wildman–Crippen LogP) is 9.59. The van der Waals surface area contributed by atoms with Crippen molar-refractivity contribution >= 4 is 38.9 Å². The minimum Gasteiger partial charge on any atom is -0.311 e. The Morgan fingerprint density at radius 1 is 0.359 bits per heavy atom. The number of anilines is 3. The van der Waals surface area contributed by atoms with Crippen LogP contribution in [0.25, 0.3) is 44.3 Å². The summed E-state index contributed by atoms with van der Waals surface area (Å²) in [6.45, 7) is 0. The van der Waals surface area contributed by atoms with Gasteiger partial charge in [0, 0.05) is 28.2 Å². The summed E-state index contributed by atoms with van der Waals surface area (Å²) in [6, 6.07) is 52.5. The first kappa shape index (κ1) is 22.9. The van der Waals surface area contributed by atoms with Crippen LogP contribution in [0.2, 0.25) is 0 Å². The number of rotatable bonds is 5. The van der Waals surface area contributed by atoms with E-state index in [0.717, 1.165) is 50.6 Å². The van der Waals surface area contributed by atoms with E-state index in [0.29, 0.717) is 0 Å². The Bertz CT molecular complexity index is 1860. The van der Waals surface area contributed by atoms with Gasteiger partial charge in [-0.25, -0.2) is 9.97 Å². The molecule has 1 aromatic heterocycles. The third-order valence-electron chi connectivity index (χ3n) is 7.02. The fraction of sp³-hybridized carbons (Fsp3) is 0. The summed E-state index contributed by atoms with van der Waals surface area (Å²) in [6.07, 6.45) is 0. The third kappa shape index (κ3) is 4.41. The quantitative estimate of drug-likeness (QED) is 0.236. The molecule has 0 aliphatic carbocycles. The Morgan fingerprint density at radius 3 is 1.44 bits per heavy atom. The van der Waals surface area contributed by atoms with E-state index in [9.17, 15) is 0 Å². The van der Waals surface area contributed by atoms with E-state index < -0.39 is 0 Å². The van der Waals surface area contributed by atoms with Crippen LogP contribution in [-0.2, 0) is 0 Å². The lowest BCUT2D eigenvalue weighted by molar-refractivity contribution is 1.27. The molecule has 7 aromatic rings. The number of fused-ring (bicyclic) bond motifs is 2. The van der Waals surface area contributed by atoms with E-state index in [2.05, 4.69) is 120 Å². The highest BCUT2D eigenvalue weighted by atomic mass is 15.1. The van der Waals surface area contributed by atoms with E-state index in [1.165, 1.54) is 10.8 Å². The van der Waals surface area contributed by atoms with Crippen LogP contribution in [0.5, 0.6) is 0 Å². The summed E-state index contributed by atoms with van der Waals surface area (Å²) in [7, 11) is 0. The van der Waals surface area contributed by atoms with Crippen LogP contribution in [0.4, 0.5) is 17.1 Å². The number of para-hydroxylation sites is 4. The molecule has 0 spiro atoms. The lowest BCUT2D eigenvalue weighted by Crippen LogP contribution is -2.09. The molecule has 0 N–H and O–H groups in total. The van der Waals surface area contributed by atoms with E-state index in [4.69, 9.17) is 9.97 Å². The SMILES string of the molecule is c1ccc(N(c2ccccc2)c2ccc(-c3nc4ccccc4nc3-c3ccc4ccccc4c3)cc2)cc1. The van der Waals surface area contributed by atoms with Gasteiger partial charge in [0.05, 0.1) is 22.4 Å². The molecule has 3 heteroatoms. The van der Waals surface area contributed by atoms with Gasteiger partial charge in [0.15, 0.2) is 0 Å². The van der Waals surface area contributed by atoms with E-state index in [1.54, 1.807) is 0 Å². The number of benzene rings is 6. The summed E-state index contributed by atoms with van der Waals surface area (Å²) >= 11 is 0. The van der Waals surface area contributed by atoms with Crippen LogP contribution in [0.1, 0.15) is 0 Å². The smallest absolute Gasteiger partial charge is 0.0973 e. The summed E-state index contributed by atoms with van der Waals surface area (Å²) in [5.74, 6) is 0. The van der Waals surface area contributed by atoms with Gasteiger partial charge in [-0.2, -0.15) is 0 Å². The molecule has 39 heavy (non-hydrogen) atoms. The molecule has 0 atom stereocenters. The molecule has 0 bridgehead atoms. The fourth-order valence-corrected chi connectivity index (χ4v) is 5.11. The number of aromatic nitrogens is 2. The van der Waals surface area contributed by atoms with Gasteiger partial charge in [0.25, 0.3) is 0 Å². The average Bonchev–Trinajstić information content (AvgIpc) is 3.02. The van der Waals surface area contributed by atoms with Crippen molar-refractivity contribution in [2.45, 2.75) is 0 Å². The standard InChI is InChI=1S/C36H25N3/c1-3-13-30(14-4-1)39(31-15-5-2-6-16-31)32-23-21-27(22-24-32)35-36(38-34-18-10-9-17-33(34)37-35)29-20-19-26-11-7-8-12-28(26)25-29/h1-25H. The summed E-state index contributed by atoms with van der Waals surface area (Å²) in [5, 5.41) is 2.40. The van der Waals surface area contributed by atoms with Gasteiger partial charge in [-0.1, -0.05) is 97.1 Å². The number of hydrogen-bond donors (Lipinski definition) is 0. The van der Waals surface area contributed by atoms with Crippen molar-refractivity contribution in [2.75, 3.05) is 4.90 Å². The van der Waals surface area contributed by atoms with Crippen molar-refractivity contribution in [2.24, 2.45) is 0 Å². The Labute approximate surface area is 227 Å². The minimum atomic E-state index is 0.876. The van der Waals surface area contributed by atoms with Crippen molar-refractivity contribution in [1.82, 2.24) is 9.97 Å². The van der Waals surface area contributed by atoms with Gasteiger partial charge in [0.2, 0.25) is 0 Å². The summed E-state index contributed by atoms with van der Waals surface area (Å²) in [4.78, 5) is 12.5. The van der Waals surface area contributed by atoms with Crippen molar-refractivity contribution in [3.8, 4) is 22.5 Å². The van der Waals surface area contributed by atoms with Crippen LogP contribution >= 0.6 is 0 Å². The van der Waals surface area contributed by atoms with Gasteiger partial charge in [-0.05, 0) is 65.4 Å².